The van der Waals surface area contributed by atoms with Crippen LogP contribution in [0.4, 0.5) is 5.69 Å². The molecule has 5 atom stereocenters. The number of aliphatic hydroxyl groups excluding tert-OH is 1. The molecular weight excluding hydrogens is 530 g/mol. The Balaban J connectivity index is 1.77. The number of anilines is 1. The first-order chi connectivity index (χ1) is 19.2. The molecule has 8 nitrogen and oxygen atoms in total. The quantitative estimate of drug-likeness (QED) is 0.267. The van der Waals surface area contributed by atoms with E-state index in [4.69, 9.17) is 16.3 Å². The van der Waals surface area contributed by atoms with Crippen LogP contribution in [-0.4, -0.2) is 82.7 Å². The SMILES string of the molecule is C=CCN(CCC)C(=O)[C@@H]1[C@H]2C(=O)N(CCCCCO)C(C(=O)N(CC=C)c3ccc(Cl)cc3)C23CC[C@@]1(C)O3. The summed E-state index contributed by atoms with van der Waals surface area (Å²) >= 11 is 6.12. The average Bonchev–Trinajstić information content (AvgIpc) is 3.50. The molecule has 0 aliphatic carbocycles. The maximum Gasteiger partial charge on any atom is 0.253 e. The lowest BCUT2D eigenvalue weighted by molar-refractivity contribution is -0.149. The van der Waals surface area contributed by atoms with E-state index in [-0.39, 0.29) is 30.9 Å². The summed E-state index contributed by atoms with van der Waals surface area (Å²) in [6.45, 7) is 13.2. The lowest BCUT2D eigenvalue weighted by Crippen LogP contribution is -2.56. The van der Waals surface area contributed by atoms with Crippen molar-refractivity contribution >= 4 is 35.0 Å². The van der Waals surface area contributed by atoms with Gasteiger partial charge in [0.25, 0.3) is 5.91 Å². The average molecular weight is 572 g/mol. The number of rotatable bonds is 14. The molecule has 1 N–H and O–H groups in total. The van der Waals surface area contributed by atoms with Crippen LogP contribution in [0.15, 0.2) is 49.6 Å². The van der Waals surface area contributed by atoms with Gasteiger partial charge in [-0.05, 0) is 69.7 Å². The van der Waals surface area contributed by atoms with Crippen LogP contribution < -0.4 is 4.90 Å². The fourth-order valence-corrected chi connectivity index (χ4v) is 7.15. The Morgan fingerprint density at radius 2 is 1.82 bits per heavy atom. The van der Waals surface area contributed by atoms with Crippen LogP contribution in [-0.2, 0) is 19.1 Å². The van der Waals surface area contributed by atoms with Gasteiger partial charge in [-0.2, -0.15) is 0 Å². The summed E-state index contributed by atoms with van der Waals surface area (Å²) in [7, 11) is 0. The van der Waals surface area contributed by atoms with Gasteiger partial charge in [-0.25, -0.2) is 0 Å². The highest BCUT2D eigenvalue weighted by molar-refractivity contribution is 6.30. The van der Waals surface area contributed by atoms with Gasteiger partial charge in [0.1, 0.15) is 11.6 Å². The molecule has 2 unspecified atom stereocenters. The molecule has 3 aliphatic rings. The van der Waals surface area contributed by atoms with Crippen LogP contribution in [0, 0.1) is 11.8 Å². The molecule has 0 aromatic heterocycles. The molecule has 0 saturated carbocycles. The molecule has 2 bridgehead atoms. The number of unbranched alkanes of at least 4 members (excludes halogenated alkanes) is 2. The number of nitrogens with zero attached hydrogens (tertiary/aromatic N) is 3. The maximum absolute atomic E-state index is 14.5. The standard InChI is InChI=1S/C31H42ClN3O5/c1-5-17-33(18-6-2)27(37)24-25-28(38)35(20-9-8-10-21-36)26(31(25)16-15-30(24,4)40-31)29(39)34(19-7-3)23-13-11-22(32)12-14-23/h5,7,11-14,24-26,36H,1,3,6,8-10,15-21H2,2,4H3/t24-,25-,26?,30+,31?/m0/s1. The summed E-state index contributed by atoms with van der Waals surface area (Å²) in [6.07, 6.45) is 7.22. The fourth-order valence-electron chi connectivity index (χ4n) is 7.03. The second kappa shape index (κ2) is 12.5. The van der Waals surface area contributed by atoms with Crippen molar-refractivity contribution in [2.75, 3.05) is 37.7 Å². The monoisotopic (exact) mass is 571 g/mol. The smallest absolute Gasteiger partial charge is 0.253 e. The first kappa shape index (κ1) is 30.3. The van der Waals surface area contributed by atoms with Crippen LogP contribution in [0.25, 0.3) is 0 Å². The van der Waals surface area contributed by atoms with Crippen LogP contribution in [0.3, 0.4) is 0 Å². The highest BCUT2D eigenvalue weighted by atomic mass is 35.5. The van der Waals surface area contributed by atoms with E-state index in [2.05, 4.69) is 13.2 Å². The van der Waals surface area contributed by atoms with Gasteiger partial charge in [-0.15, -0.1) is 13.2 Å². The third kappa shape index (κ3) is 5.21. The minimum Gasteiger partial charge on any atom is -0.396 e. The van der Waals surface area contributed by atoms with Gasteiger partial charge in [0, 0.05) is 43.5 Å². The van der Waals surface area contributed by atoms with E-state index in [1.165, 1.54) is 0 Å². The number of aliphatic hydroxyl groups is 1. The Morgan fingerprint density at radius 1 is 1.12 bits per heavy atom. The summed E-state index contributed by atoms with van der Waals surface area (Å²) in [5, 5.41) is 9.83. The van der Waals surface area contributed by atoms with Gasteiger partial charge in [0.2, 0.25) is 11.8 Å². The van der Waals surface area contributed by atoms with Crippen molar-refractivity contribution in [3.8, 4) is 0 Å². The van der Waals surface area contributed by atoms with E-state index in [9.17, 15) is 19.5 Å². The zero-order valence-corrected chi connectivity index (χ0v) is 24.4. The highest BCUT2D eigenvalue weighted by Crippen LogP contribution is 2.63. The third-order valence-electron chi connectivity index (χ3n) is 8.70. The molecule has 3 amide bonds. The second-order valence-corrected chi connectivity index (χ2v) is 11.8. The van der Waals surface area contributed by atoms with Gasteiger partial charge in [-0.1, -0.05) is 30.7 Å². The summed E-state index contributed by atoms with van der Waals surface area (Å²) in [5.74, 6) is -1.99. The fraction of sp³-hybridized carbons (Fsp3) is 0.581. The molecule has 3 heterocycles. The molecule has 218 valence electrons. The van der Waals surface area contributed by atoms with Crippen molar-refractivity contribution < 1.29 is 24.2 Å². The Labute approximate surface area is 242 Å². The molecular formula is C31H42ClN3O5. The van der Waals surface area contributed by atoms with Crippen molar-refractivity contribution in [1.82, 2.24) is 9.80 Å². The van der Waals surface area contributed by atoms with Crippen LogP contribution in [0.1, 0.15) is 52.4 Å². The minimum absolute atomic E-state index is 0.0706. The lowest BCUT2D eigenvalue weighted by Gasteiger charge is -2.37. The maximum atomic E-state index is 14.5. The number of carbonyl (C=O) groups excluding carboxylic acids is 3. The molecule has 1 aromatic rings. The summed E-state index contributed by atoms with van der Waals surface area (Å²) < 4.78 is 6.79. The number of carbonyl (C=O) groups is 3. The van der Waals surface area contributed by atoms with Crippen molar-refractivity contribution in [3.63, 3.8) is 0 Å². The largest absolute Gasteiger partial charge is 0.396 e. The third-order valence-corrected chi connectivity index (χ3v) is 8.96. The van der Waals surface area contributed by atoms with Crippen molar-refractivity contribution in [3.05, 3.63) is 54.6 Å². The van der Waals surface area contributed by atoms with Crippen molar-refractivity contribution in [2.45, 2.75) is 69.6 Å². The summed E-state index contributed by atoms with van der Waals surface area (Å²) in [6, 6.07) is 6.12. The number of hydrogen-bond donors (Lipinski definition) is 1. The molecule has 3 fully saturated rings. The molecule has 3 saturated heterocycles. The Morgan fingerprint density at radius 3 is 2.45 bits per heavy atom. The van der Waals surface area contributed by atoms with Crippen LogP contribution in [0.5, 0.6) is 0 Å². The number of ether oxygens (including phenoxy) is 1. The zero-order chi connectivity index (χ0) is 29.1. The van der Waals surface area contributed by atoms with Gasteiger partial charge in [0.15, 0.2) is 0 Å². The van der Waals surface area contributed by atoms with E-state index in [0.29, 0.717) is 56.0 Å². The Hall–Kier alpha value is -2.68. The van der Waals surface area contributed by atoms with E-state index >= 15 is 0 Å². The Kier molecular flexibility index (Phi) is 9.43. The number of benzene rings is 1. The summed E-state index contributed by atoms with van der Waals surface area (Å²) in [4.78, 5) is 47.9. The first-order valence-corrected chi connectivity index (χ1v) is 14.8. The van der Waals surface area contributed by atoms with Crippen LogP contribution in [0.2, 0.25) is 5.02 Å². The molecule has 40 heavy (non-hydrogen) atoms. The number of halogens is 1. The molecule has 1 aromatic carbocycles. The molecule has 9 heteroatoms. The normalized spacial score (nSPS) is 28.4. The predicted molar refractivity (Wildman–Crippen MR) is 156 cm³/mol. The molecule has 1 spiro atoms. The number of fused-ring (bicyclic) bond motifs is 1. The first-order valence-electron chi connectivity index (χ1n) is 14.4. The van der Waals surface area contributed by atoms with Crippen molar-refractivity contribution in [2.24, 2.45) is 11.8 Å². The van der Waals surface area contributed by atoms with E-state index in [1.54, 1.807) is 51.1 Å². The van der Waals surface area contributed by atoms with E-state index < -0.39 is 29.1 Å². The predicted octanol–water partition coefficient (Wildman–Crippen LogP) is 4.21. The minimum atomic E-state index is -1.10. The van der Waals surface area contributed by atoms with Crippen LogP contribution >= 0.6 is 11.6 Å². The van der Waals surface area contributed by atoms with E-state index in [0.717, 1.165) is 12.8 Å². The zero-order valence-electron chi connectivity index (χ0n) is 23.7. The van der Waals surface area contributed by atoms with E-state index in [1.807, 2.05) is 13.8 Å². The molecule has 0 radical (unpaired) electrons. The number of hydrogen-bond acceptors (Lipinski definition) is 5. The Bertz CT molecular complexity index is 1130. The molecule has 4 rings (SSSR count). The topological polar surface area (TPSA) is 90.4 Å². The van der Waals surface area contributed by atoms with Gasteiger partial charge in [0.05, 0.1) is 17.4 Å². The van der Waals surface area contributed by atoms with Crippen molar-refractivity contribution in [1.29, 1.82) is 0 Å². The van der Waals surface area contributed by atoms with Gasteiger partial charge >= 0.3 is 0 Å². The molecule has 3 aliphatic heterocycles. The van der Waals surface area contributed by atoms with Gasteiger partial charge in [-0.3, -0.25) is 14.4 Å². The van der Waals surface area contributed by atoms with Gasteiger partial charge < -0.3 is 24.5 Å². The number of amides is 3. The second-order valence-electron chi connectivity index (χ2n) is 11.3. The summed E-state index contributed by atoms with van der Waals surface area (Å²) in [5.41, 5.74) is -1.29. The number of likely N-dealkylation sites (tertiary alicyclic amines) is 1. The highest BCUT2D eigenvalue weighted by Gasteiger charge is 2.78. The lowest BCUT2D eigenvalue weighted by atomic mass is 9.66.